The first-order valence-electron chi connectivity index (χ1n) is 4.63. The molecule has 8 heteroatoms. The van der Waals surface area contributed by atoms with Crippen LogP contribution in [0.25, 0.3) is 0 Å². The lowest BCUT2D eigenvalue weighted by atomic mass is 10.1. The van der Waals surface area contributed by atoms with Gasteiger partial charge in [0, 0.05) is 6.54 Å². The molecule has 0 aliphatic carbocycles. The molecule has 0 radical (unpaired) electrons. The van der Waals surface area contributed by atoms with E-state index >= 15 is 0 Å². The third-order valence-corrected chi connectivity index (χ3v) is 2.71. The van der Waals surface area contributed by atoms with Gasteiger partial charge in [-0.15, -0.1) is 0 Å². The number of hydrogen-bond acceptors (Lipinski definition) is 3. The Bertz CT molecular complexity index is 350. The van der Waals surface area contributed by atoms with E-state index in [1.165, 1.54) is 10.9 Å². The molecule has 0 saturated heterocycles. The fourth-order valence-corrected chi connectivity index (χ4v) is 2.01. The van der Waals surface area contributed by atoms with Crippen LogP contribution in [-0.2, 0) is 6.54 Å². The van der Waals surface area contributed by atoms with E-state index in [2.05, 4.69) is 26.5 Å². The number of hydrogen-bond donors (Lipinski definition) is 2. The summed E-state index contributed by atoms with van der Waals surface area (Å²) < 4.78 is 38.9. The van der Waals surface area contributed by atoms with Crippen molar-refractivity contribution in [3.05, 3.63) is 16.4 Å². The smallest absolute Gasteiger partial charge is 0.271 e. The monoisotopic (exact) mass is 300 g/mol. The molecule has 1 aromatic heterocycles. The predicted octanol–water partition coefficient (Wildman–Crippen LogP) is 2.12. The van der Waals surface area contributed by atoms with Gasteiger partial charge in [0.2, 0.25) is 0 Å². The van der Waals surface area contributed by atoms with E-state index in [0.717, 1.165) is 0 Å². The normalized spacial score (nSPS) is 14.1. The molecule has 0 aliphatic rings. The topological polar surface area (TPSA) is 55.9 Å². The van der Waals surface area contributed by atoms with Crippen molar-refractivity contribution in [3.8, 4) is 0 Å². The summed E-state index contributed by atoms with van der Waals surface area (Å²) in [5.41, 5.74) is 2.57. The SMILES string of the molecule is CCn1ncc(Br)c1C(CC(F)(F)F)NN. The van der Waals surface area contributed by atoms with Gasteiger partial charge in [0.1, 0.15) is 0 Å². The average Bonchev–Trinajstić information content (AvgIpc) is 2.54. The molecule has 0 spiro atoms. The van der Waals surface area contributed by atoms with E-state index in [-0.39, 0.29) is 0 Å². The number of nitrogens with zero attached hydrogens (tertiary/aromatic N) is 2. The number of hydrazine groups is 1. The van der Waals surface area contributed by atoms with Crippen LogP contribution in [0.2, 0.25) is 0 Å². The Morgan fingerprint density at radius 2 is 2.25 bits per heavy atom. The lowest BCUT2D eigenvalue weighted by Crippen LogP contribution is -2.33. The number of rotatable bonds is 4. The van der Waals surface area contributed by atoms with Crippen LogP contribution in [0.15, 0.2) is 10.7 Å². The van der Waals surface area contributed by atoms with Gasteiger partial charge in [0.05, 0.1) is 28.8 Å². The van der Waals surface area contributed by atoms with Crippen molar-refractivity contribution in [2.45, 2.75) is 32.1 Å². The molecule has 0 aliphatic heterocycles. The zero-order valence-corrected chi connectivity index (χ0v) is 10.1. The fourth-order valence-electron chi connectivity index (χ4n) is 1.44. The van der Waals surface area contributed by atoms with E-state index in [0.29, 0.717) is 16.7 Å². The second kappa shape index (κ2) is 5.15. The number of alkyl halides is 3. The highest BCUT2D eigenvalue weighted by molar-refractivity contribution is 9.10. The van der Waals surface area contributed by atoms with Crippen LogP contribution in [-0.4, -0.2) is 16.0 Å². The third-order valence-electron chi connectivity index (χ3n) is 2.10. The van der Waals surface area contributed by atoms with Gasteiger partial charge < -0.3 is 0 Å². The number of aromatic nitrogens is 2. The standard InChI is InChI=1S/C8H12BrF3N4/c1-2-16-7(5(9)4-14-16)6(15-13)3-8(10,11)12/h4,6,15H,2-3,13H2,1H3. The van der Waals surface area contributed by atoms with Crippen molar-refractivity contribution in [1.29, 1.82) is 0 Å². The third kappa shape index (κ3) is 3.19. The highest BCUT2D eigenvalue weighted by Gasteiger charge is 2.34. The molecule has 0 aromatic carbocycles. The van der Waals surface area contributed by atoms with Crippen molar-refractivity contribution < 1.29 is 13.2 Å². The van der Waals surface area contributed by atoms with Gasteiger partial charge >= 0.3 is 6.18 Å². The van der Waals surface area contributed by atoms with Crippen LogP contribution >= 0.6 is 15.9 Å². The van der Waals surface area contributed by atoms with Gasteiger partial charge in [-0.25, -0.2) is 0 Å². The second-order valence-electron chi connectivity index (χ2n) is 3.23. The van der Waals surface area contributed by atoms with Gasteiger partial charge in [-0.05, 0) is 22.9 Å². The van der Waals surface area contributed by atoms with Crippen LogP contribution < -0.4 is 11.3 Å². The molecular formula is C8H12BrF3N4. The molecule has 1 rings (SSSR count). The van der Waals surface area contributed by atoms with Crippen LogP contribution in [0, 0.1) is 0 Å². The Kier molecular flexibility index (Phi) is 4.34. The Hall–Kier alpha value is -0.600. The molecule has 1 atom stereocenters. The summed E-state index contributed by atoms with van der Waals surface area (Å²) in [4.78, 5) is 0. The molecule has 0 saturated carbocycles. The summed E-state index contributed by atoms with van der Waals surface area (Å²) in [6, 6.07) is -1.00. The average molecular weight is 301 g/mol. The number of nitrogens with two attached hydrogens (primary N) is 1. The highest BCUT2D eigenvalue weighted by Crippen LogP contribution is 2.32. The van der Waals surface area contributed by atoms with E-state index < -0.39 is 18.6 Å². The Morgan fingerprint density at radius 1 is 1.62 bits per heavy atom. The van der Waals surface area contributed by atoms with Gasteiger partial charge in [-0.2, -0.15) is 18.3 Å². The van der Waals surface area contributed by atoms with Crippen LogP contribution in [0.5, 0.6) is 0 Å². The minimum Gasteiger partial charge on any atom is -0.271 e. The molecule has 16 heavy (non-hydrogen) atoms. The zero-order valence-electron chi connectivity index (χ0n) is 8.55. The maximum atomic E-state index is 12.3. The van der Waals surface area contributed by atoms with Crippen molar-refractivity contribution in [2.75, 3.05) is 0 Å². The van der Waals surface area contributed by atoms with Crippen molar-refractivity contribution in [2.24, 2.45) is 5.84 Å². The summed E-state index contributed by atoms with van der Waals surface area (Å²) in [7, 11) is 0. The predicted molar refractivity (Wildman–Crippen MR) is 56.3 cm³/mol. The summed E-state index contributed by atoms with van der Waals surface area (Å²) >= 11 is 3.16. The fraction of sp³-hybridized carbons (Fsp3) is 0.625. The Labute approximate surface area is 99.1 Å². The second-order valence-corrected chi connectivity index (χ2v) is 4.09. The maximum absolute atomic E-state index is 12.3. The summed E-state index contributed by atoms with van der Waals surface area (Å²) in [6.07, 6.45) is -3.85. The maximum Gasteiger partial charge on any atom is 0.391 e. The molecule has 3 N–H and O–H groups in total. The first-order chi connectivity index (χ1) is 7.39. The summed E-state index contributed by atoms with van der Waals surface area (Å²) in [5.74, 6) is 5.15. The van der Waals surface area contributed by atoms with Gasteiger partial charge in [-0.1, -0.05) is 0 Å². The van der Waals surface area contributed by atoms with Crippen LogP contribution in [0.4, 0.5) is 13.2 Å². The first-order valence-corrected chi connectivity index (χ1v) is 5.42. The zero-order chi connectivity index (χ0) is 12.3. The Balaban J connectivity index is 2.98. The van der Waals surface area contributed by atoms with E-state index in [9.17, 15) is 13.2 Å². The van der Waals surface area contributed by atoms with E-state index in [1.807, 2.05) is 0 Å². The van der Waals surface area contributed by atoms with Crippen LogP contribution in [0.1, 0.15) is 25.1 Å². The van der Waals surface area contributed by atoms with Crippen molar-refractivity contribution in [3.63, 3.8) is 0 Å². The number of halogens is 4. The van der Waals surface area contributed by atoms with Gasteiger partial charge in [0.25, 0.3) is 0 Å². The minimum atomic E-state index is -4.28. The minimum absolute atomic E-state index is 0.405. The quantitative estimate of drug-likeness (QED) is 0.661. The first kappa shape index (κ1) is 13.5. The molecule has 1 aromatic rings. The summed E-state index contributed by atoms with van der Waals surface area (Å²) in [6.45, 7) is 2.28. The lowest BCUT2D eigenvalue weighted by molar-refractivity contribution is -0.140. The molecule has 92 valence electrons. The van der Waals surface area contributed by atoms with Crippen molar-refractivity contribution >= 4 is 15.9 Å². The Morgan fingerprint density at radius 3 is 2.69 bits per heavy atom. The molecule has 4 nitrogen and oxygen atoms in total. The molecule has 1 unspecified atom stereocenters. The highest BCUT2D eigenvalue weighted by atomic mass is 79.9. The number of aryl methyl sites for hydroxylation is 1. The van der Waals surface area contributed by atoms with Gasteiger partial charge in [-0.3, -0.25) is 16.0 Å². The molecular weight excluding hydrogens is 289 g/mol. The van der Waals surface area contributed by atoms with Gasteiger partial charge in [0.15, 0.2) is 0 Å². The molecule has 0 bridgehead atoms. The number of nitrogens with one attached hydrogen (secondary N) is 1. The van der Waals surface area contributed by atoms with E-state index in [4.69, 9.17) is 5.84 Å². The van der Waals surface area contributed by atoms with E-state index in [1.54, 1.807) is 6.92 Å². The summed E-state index contributed by atoms with van der Waals surface area (Å²) in [5, 5.41) is 3.94. The van der Waals surface area contributed by atoms with Crippen molar-refractivity contribution in [1.82, 2.24) is 15.2 Å². The lowest BCUT2D eigenvalue weighted by Gasteiger charge is -2.19. The van der Waals surface area contributed by atoms with Crippen LogP contribution in [0.3, 0.4) is 0 Å². The molecule has 0 amide bonds. The molecule has 1 heterocycles. The largest absolute Gasteiger partial charge is 0.391 e. The molecule has 0 fully saturated rings.